The fourth-order valence-corrected chi connectivity index (χ4v) is 1.48. The number of hydrogen-bond acceptors (Lipinski definition) is 5. The molecule has 1 fully saturated rings. The summed E-state index contributed by atoms with van der Waals surface area (Å²) in [7, 11) is 0. The standard InChI is InChI=1S/C10H16N2O5/c1-10(2,3)17-9(15)12-4-6(8(13)14)7(5-12)11-16/h6,16H,4-5H2,1-3H3,(H,13,14)/b11-7+. The summed E-state index contributed by atoms with van der Waals surface area (Å²) < 4.78 is 5.10. The molecule has 17 heavy (non-hydrogen) atoms. The Morgan fingerprint density at radius 1 is 1.47 bits per heavy atom. The molecule has 0 spiro atoms. The summed E-state index contributed by atoms with van der Waals surface area (Å²) in [6.07, 6.45) is -0.609. The van der Waals surface area contributed by atoms with E-state index in [1.165, 1.54) is 4.90 Å². The molecule has 1 atom stereocenters. The third-order valence-corrected chi connectivity index (χ3v) is 2.24. The summed E-state index contributed by atoms with van der Waals surface area (Å²) in [6.45, 7) is 5.09. The van der Waals surface area contributed by atoms with Crippen molar-refractivity contribution in [3.8, 4) is 0 Å². The molecule has 1 amide bonds. The van der Waals surface area contributed by atoms with Crippen molar-refractivity contribution in [2.45, 2.75) is 26.4 Å². The SMILES string of the molecule is CC(C)(C)OC(=O)N1C/C(=N\O)C(C(=O)O)C1. The van der Waals surface area contributed by atoms with E-state index in [2.05, 4.69) is 5.16 Å². The number of oxime groups is 1. The lowest BCUT2D eigenvalue weighted by Crippen LogP contribution is -2.36. The molecule has 0 aliphatic carbocycles. The van der Waals surface area contributed by atoms with E-state index in [-0.39, 0.29) is 18.8 Å². The van der Waals surface area contributed by atoms with Crippen LogP contribution in [-0.2, 0) is 9.53 Å². The van der Waals surface area contributed by atoms with Gasteiger partial charge in [0.05, 0.1) is 12.3 Å². The first kappa shape index (κ1) is 13.3. The fourth-order valence-electron chi connectivity index (χ4n) is 1.48. The summed E-state index contributed by atoms with van der Waals surface area (Å²) >= 11 is 0. The van der Waals surface area contributed by atoms with Crippen LogP contribution in [0.25, 0.3) is 0 Å². The zero-order chi connectivity index (χ0) is 13.2. The molecule has 1 rings (SSSR count). The van der Waals surface area contributed by atoms with Gasteiger partial charge in [0.1, 0.15) is 11.5 Å². The average molecular weight is 244 g/mol. The Kier molecular flexibility index (Phi) is 3.59. The molecule has 1 saturated heterocycles. The van der Waals surface area contributed by atoms with E-state index in [1.54, 1.807) is 20.8 Å². The summed E-state index contributed by atoms with van der Waals surface area (Å²) in [5, 5.41) is 20.4. The zero-order valence-electron chi connectivity index (χ0n) is 10.0. The smallest absolute Gasteiger partial charge is 0.410 e. The van der Waals surface area contributed by atoms with E-state index in [9.17, 15) is 9.59 Å². The van der Waals surface area contributed by atoms with Crippen LogP contribution >= 0.6 is 0 Å². The Hall–Kier alpha value is -1.79. The van der Waals surface area contributed by atoms with E-state index >= 15 is 0 Å². The fraction of sp³-hybridized carbons (Fsp3) is 0.700. The molecule has 7 heteroatoms. The average Bonchev–Trinajstić information content (AvgIpc) is 2.58. The largest absolute Gasteiger partial charge is 0.481 e. The molecular weight excluding hydrogens is 228 g/mol. The van der Waals surface area contributed by atoms with Crippen LogP contribution in [0.3, 0.4) is 0 Å². The Labute approximate surface area is 98.7 Å². The van der Waals surface area contributed by atoms with E-state index in [4.69, 9.17) is 15.1 Å². The Bertz CT molecular complexity index is 358. The van der Waals surface area contributed by atoms with Gasteiger partial charge < -0.3 is 20.0 Å². The monoisotopic (exact) mass is 244 g/mol. The van der Waals surface area contributed by atoms with Gasteiger partial charge in [0, 0.05) is 6.54 Å². The van der Waals surface area contributed by atoms with Gasteiger partial charge in [0.25, 0.3) is 0 Å². The van der Waals surface area contributed by atoms with Crippen LogP contribution in [0.4, 0.5) is 4.79 Å². The van der Waals surface area contributed by atoms with Crippen LogP contribution in [0.15, 0.2) is 5.16 Å². The highest BCUT2D eigenvalue weighted by Gasteiger charge is 2.38. The molecule has 1 heterocycles. The van der Waals surface area contributed by atoms with Gasteiger partial charge in [-0.3, -0.25) is 4.79 Å². The minimum atomic E-state index is -1.12. The zero-order valence-corrected chi connectivity index (χ0v) is 10.0. The van der Waals surface area contributed by atoms with E-state index in [0.717, 1.165) is 0 Å². The van der Waals surface area contributed by atoms with Gasteiger partial charge in [-0.1, -0.05) is 5.16 Å². The predicted octanol–water partition coefficient (Wildman–Crippen LogP) is 0.768. The number of likely N-dealkylation sites (tertiary alicyclic amines) is 1. The Balaban J connectivity index is 2.71. The van der Waals surface area contributed by atoms with E-state index in [0.29, 0.717) is 0 Å². The van der Waals surface area contributed by atoms with Crippen LogP contribution in [0, 0.1) is 5.92 Å². The predicted molar refractivity (Wildman–Crippen MR) is 58.2 cm³/mol. The van der Waals surface area contributed by atoms with Gasteiger partial charge in [-0.05, 0) is 20.8 Å². The van der Waals surface area contributed by atoms with Gasteiger partial charge in [-0.25, -0.2) is 4.79 Å². The topological polar surface area (TPSA) is 99.4 Å². The number of nitrogens with zero attached hydrogens (tertiary/aromatic N) is 2. The second kappa shape index (κ2) is 4.60. The third-order valence-electron chi connectivity index (χ3n) is 2.24. The molecule has 96 valence electrons. The normalized spacial score (nSPS) is 22.9. The molecule has 0 saturated carbocycles. The second-order valence-electron chi connectivity index (χ2n) is 4.84. The van der Waals surface area contributed by atoms with Crippen LogP contribution in [0.5, 0.6) is 0 Å². The quantitative estimate of drug-likeness (QED) is 0.524. The summed E-state index contributed by atoms with van der Waals surface area (Å²) in [4.78, 5) is 23.7. The maximum Gasteiger partial charge on any atom is 0.410 e. The molecule has 1 aliphatic heterocycles. The third kappa shape index (κ3) is 3.33. The molecule has 0 radical (unpaired) electrons. The van der Waals surface area contributed by atoms with E-state index < -0.39 is 23.6 Å². The Morgan fingerprint density at radius 2 is 2.06 bits per heavy atom. The van der Waals surface area contributed by atoms with Crippen molar-refractivity contribution >= 4 is 17.8 Å². The van der Waals surface area contributed by atoms with Crippen molar-refractivity contribution in [2.24, 2.45) is 11.1 Å². The number of carbonyl (C=O) groups excluding carboxylic acids is 1. The van der Waals surface area contributed by atoms with Gasteiger partial charge in [0.2, 0.25) is 0 Å². The lowest BCUT2D eigenvalue weighted by molar-refractivity contribution is -0.139. The number of carbonyl (C=O) groups is 2. The molecule has 1 aliphatic rings. The number of hydrogen-bond donors (Lipinski definition) is 2. The van der Waals surface area contributed by atoms with Crippen molar-refractivity contribution in [1.29, 1.82) is 0 Å². The van der Waals surface area contributed by atoms with Crippen molar-refractivity contribution in [2.75, 3.05) is 13.1 Å². The van der Waals surface area contributed by atoms with Crippen molar-refractivity contribution in [3.63, 3.8) is 0 Å². The highest BCUT2D eigenvalue weighted by Crippen LogP contribution is 2.18. The van der Waals surface area contributed by atoms with Crippen LogP contribution in [-0.4, -0.2) is 51.7 Å². The van der Waals surface area contributed by atoms with Crippen molar-refractivity contribution < 1.29 is 24.6 Å². The number of aliphatic carboxylic acids is 1. The first-order valence-corrected chi connectivity index (χ1v) is 5.16. The van der Waals surface area contributed by atoms with Crippen LogP contribution in [0.2, 0.25) is 0 Å². The van der Waals surface area contributed by atoms with Crippen molar-refractivity contribution in [3.05, 3.63) is 0 Å². The van der Waals surface area contributed by atoms with Crippen LogP contribution in [0.1, 0.15) is 20.8 Å². The lowest BCUT2D eigenvalue weighted by atomic mass is 10.1. The molecule has 0 aromatic rings. The summed E-state index contributed by atoms with van der Waals surface area (Å²) in [6, 6.07) is 0. The minimum Gasteiger partial charge on any atom is -0.481 e. The molecule has 0 aromatic heterocycles. The van der Waals surface area contributed by atoms with Gasteiger partial charge >= 0.3 is 12.1 Å². The van der Waals surface area contributed by atoms with E-state index in [1.807, 2.05) is 0 Å². The number of amides is 1. The highest BCUT2D eigenvalue weighted by atomic mass is 16.6. The lowest BCUT2D eigenvalue weighted by Gasteiger charge is -2.23. The maximum absolute atomic E-state index is 11.7. The first-order chi connectivity index (χ1) is 7.74. The van der Waals surface area contributed by atoms with Crippen LogP contribution < -0.4 is 0 Å². The molecular formula is C10H16N2O5. The minimum absolute atomic E-state index is 0.0254. The molecule has 1 unspecified atom stereocenters. The van der Waals surface area contributed by atoms with Crippen molar-refractivity contribution in [1.82, 2.24) is 4.90 Å². The molecule has 2 N–H and O–H groups in total. The maximum atomic E-state index is 11.7. The molecule has 0 bridgehead atoms. The first-order valence-electron chi connectivity index (χ1n) is 5.16. The van der Waals surface area contributed by atoms with Gasteiger partial charge in [0.15, 0.2) is 0 Å². The number of carboxylic acid groups (broad SMARTS) is 1. The molecule has 0 aromatic carbocycles. The number of ether oxygens (including phenoxy) is 1. The Morgan fingerprint density at radius 3 is 2.41 bits per heavy atom. The van der Waals surface area contributed by atoms with Gasteiger partial charge in [-0.2, -0.15) is 0 Å². The van der Waals surface area contributed by atoms with Gasteiger partial charge in [-0.15, -0.1) is 0 Å². The highest BCUT2D eigenvalue weighted by molar-refractivity contribution is 6.05. The molecule has 7 nitrogen and oxygen atoms in total. The summed E-state index contributed by atoms with van der Waals surface area (Å²) in [5.74, 6) is -2.09. The number of carboxylic acids is 1. The second-order valence-corrected chi connectivity index (χ2v) is 4.84. The number of rotatable bonds is 1. The summed E-state index contributed by atoms with van der Waals surface area (Å²) in [5.41, 5.74) is -0.585.